The first-order valence-corrected chi connectivity index (χ1v) is 6.05. The molecule has 2 heterocycles. The van der Waals surface area contributed by atoms with Gasteiger partial charge in [0.1, 0.15) is 0 Å². The molecule has 1 aromatic heterocycles. The second kappa shape index (κ2) is 4.75. The lowest BCUT2D eigenvalue weighted by Gasteiger charge is -2.33. The topological polar surface area (TPSA) is 92.3 Å². The smallest absolute Gasteiger partial charge is 0.285 e. The fourth-order valence-corrected chi connectivity index (χ4v) is 2.47. The number of carbonyl (C=O) groups excluding carboxylic acids is 1. The highest BCUT2D eigenvalue weighted by Crippen LogP contribution is 2.21. The predicted molar refractivity (Wildman–Crippen MR) is 60.1 cm³/mol. The summed E-state index contributed by atoms with van der Waals surface area (Å²) < 4.78 is 0. The molecule has 1 unspecified atom stereocenters. The van der Waals surface area contributed by atoms with Gasteiger partial charge in [-0.25, -0.2) is 0 Å². The van der Waals surface area contributed by atoms with Gasteiger partial charge in [-0.1, -0.05) is 11.3 Å². The van der Waals surface area contributed by atoms with Crippen molar-refractivity contribution in [3.05, 3.63) is 5.01 Å². The summed E-state index contributed by atoms with van der Waals surface area (Å²) >= 11 is 1.08. The normalized spacial score (nSPS) is 21.1. The third-order valence-corrected chi connectivity index (χ3v) is 3.46. The molecule has 0 aliphatic carbocycles. The van der Waals surface area contributed by atoms with Crippen LogP contribution in [0.1, 0.15) is 29.1 Å². The monoisotopic (exact) mass is 242 g/mol. The van der Waals surface area contributed by atoms with Crippen LogP contribution >= 0.6 is 11.3 Å². The Morgan fingerprint density at radius 1 is 1.56 bits per heavy atom. The number of nitrogens with zero attached hydrogens (tertiary/aromatic N) is 3. The van der Waals surface area contributed by atoms with Crippen molar-refractivity contribution in [1.29, 1.82) is 0 Å². The third-order valence-electron chi connectivity index (χ3n) is 2.72. The standard InChI is InChI=1S/C9H14N4O2S/c10-9-12-11-7(16-9)8(15)13-4-2-1-3-6(13)5-14/h6,14H,1-5H2,(H2,10,12). The molecule has 88 valence electrons. The van der Waals surface area contributed by atoms with E-state index < -0.39 is 0 Å². The highest BCUT2D eigenvalue weighted by Gasteiger charge is 2.28. The molecule has 1 amide bonds. The fourth-order valence-electron chi connectivity index (χ4n) is 1.90. The SMILES string of the molecule is Nc1nnc(C(=O)N2CCCCC2CO)s1. The van der Waals surface area contributed by atoms with Crippen molar-refractivity contribution in [1.82, 2.24) is 15.1 Å². The van der Waals surface area contributed by atoms with Gasteiger partial charge in [-0.15, -0.1) is 10.2 Å². The number of piperidine rings is 1. The van der Waals surface area contributed by atoms with Crippen molar-refractivity contribution in [2.45, 2.75) is 25.3 Å². The number of aromatic nitrogens is 2. The molecule has 1 aliphatic heterocycles. The van der Waals surface area contributed by atoms with Gasteiger partial charge in [0, 0.05) is 6.54 Å². The minimum absolute atomic E-state index is 0.0000257. The number of aliphatic hydroxyl groups is 1. The lowest BCUT2D eigenvalue weighted by atomic mass is 10.0. The largest absolute Gasteiger partial charge is 0.394 e. The number of aliphatic hydroxyl groups excluding tert-OH is 1. The molecular weight excluding hydrogens is 228 g/mol. The quantitative estimate of drug-likeness (QED) is 0.767. The Balaban J connectivity index is 2.13. The molecule has 0 radical (unpaired) electrons. The number of carbonyl (C=O) groups is 1. The van der Waals surface area contributed by atoms with Gasteiger partial charge in [0.2, 0.25) is 10.1 Å². The molecule has 0 bridgehead atoms. The second-order valence-corrected chi connectivity index (χ2v) is 4.79. The average Bonchev–Trinajstić information content (AvgIpc) is 2.75. The third kappa shape index (κ3) is 2.14. The van der Waals surface area contributed by atoms with E-state index in [0.29, 0.717) is 16.7 Å². The molecule has 0 aromatic carbocycles. The lowest BCUT2D eigenvalue weighted by molar-refractivity contribution is 0.0502. The van der Waals surface area contributed by atoms with Crippen molar-refractivity contribution in [3.8, 4) is 0 Å². The van der Waals surface area contributed by atoms with E-state index in [-0.39, 0.29) is 18.6 Å². The maximum absolute atomic E-state index is 12.0. The van der Waals surface area contributed by atoms with Crippen molar-refractivity contribution >= 4 is 22.4 Å². The Morgan fingerprint density at radius 2 is 2.38 bits per heavy atom. The van der Waals surface area contributed by atoms with Crippen LogP contribution < -0.4 is 5.73 Å². The van der Waals surface area contributed by atoms with Crippen molar-refractivity contribution in [3.63, 3.8) is 0 Å². The molecule has 1 saturated heterocycles. The van der Waals surface area contributed by atoms with Crippen LogP contribution in [0.3, 0.4) is 0 Å². The van der Waals surface area contributed by atoms with E-state index in [1.54, 1.807) is 4.90 Å². The zero-order chi connectivity index (χ0) is 11.5. The molecular formula is C9H14N4O2S. The first-order valence-electron chi connectivity index (χ1n) is 5.23. The Hall–Kier alpha value is -1.21. The van der Waals surface area contributed by atoms with Crippen LogP contribution in [0.2, 0.25) is 0 Å². The molecule has 6 nitrogen and oxygen atoms in total. The van der Waals surface area contributed by atoms with Crippen LogP contribution in [0, 0.1) is 0 Å². The number of nitrogen functional groups attached to an aromatic ring is 1. The van der Waals surface area contributed by atoms with Gasteiger partial charge in [0.25, 0.3) is 5.91 Å². The molecule has 0 saturated carbocycles. The van der Waals surface area contributed by atoms with E-state index in [2.05, 4.69) is 10.2 Å². The molecule has 7 heteroatoms. The number of nitrogens with two attached hydrogens (primary N) is 1. The van der Waals surface area contributed by atoms with Crippen LogP contribution in [-0.2, 0) is 0 Å². The highest BCUT2D eigenvalue weighted by atomic mass is 32.1. The maximum Gasteiger partial charge on any atom is 0.285 e. The van der Waals surface area contributed by atoms with E-state index >= 15 is 0 Å². The average molecular weight is 242 g/mol. The second-order valence-electron chi connectivity index (χ2n) is 3.78. The van der Waals surface area contributed by atoms with Gasteiger partial charge in [-0.3, -0.25) is 4.79 Å². The summed E-state index contributed by atoms with van der Waals surface area (Å²) in [4.78, 5) is 13.7. The fraction of sp³-hybridized carbons (Fsp3) is 0.667. The van der Waals surface area contributed by atoms with Crippen LogP contribution in [0.5, 0.6) is 0 Å². The number of amides is 1. The van der Waals surface area contributed by atoms with Crippen molar-refractivity contribution in [2.24, 2.45) is 0 Å². The molecule has 1 fully saturated rings. The lowest BCUT2D eigenvalue weighted by Crippen LogP contribution is -2.45. The first kappa shape index (κ1) is 11.3. The number of likely N-dealkylation sites (tertiary alicyclic amines) is 1. The van der Waals surface area contributed by atoms with Gasteiger partial charge < -0.3 is 15.7 Å². The van der Waals surface area contributed by atoms with Gasteiger partial charge in [-0.2, -0.15) is 0 Å². The van der Waals surface area contributed by atoms with Crippen LogP contribution in [-0.4, -0.2) is 45.3 Å². The van der Waals surface area contributed by atoms with E-state index in [9.17, 15) is 9.90 Å². The Morgan fingerprint density at radius 3 is 3.00 bits per heavy atom. The summed E-state index contributed by atoms with van der Waals surface area (Å²) in [6.45, 7) is 0.670. The predicted octanol–water partition coefficient (Wildman–Crippen LogP) is 0.107. The summed E-state index contributed by atoms with van der Waals surface area (Å²) in [6.07, 6.45) is 2.86. The van der Waals surface area contributed by atoms with Crippen LogP contribution in [0.4, 0.5) is 5.13 Å². The molecule has 1 aliphatic rings. The Labute approximate surface area is 97.1 Å². The van der Waals surface area contributed by atoms with Gasteiger partial charge >= 0.3 is 0 Å². The number of hydrogen-bond donors (Lipinski definition) is 2. The zero-order valence-corrected chi connectivity index (χ0v) is 9.61. The van der Waals surface area contributed by atoms with Crippen molar-refractivity contribution in [2.75, 3.05) is 18.9 Å². The van der Waals surface area contributed by atoms with E-state index in [1.807, 2.05) is 0 Å². The summed E-state index contributed by atoms with van der Waals surface area (Å²) in [6, 6.07) is -0.0913. The summed E-state index contributed by atoms with van der Waals surface area (Å²) in [5, 5.41) is 17.2. The molecule has 2 rings (SSSR count). The van der Waals surface area contributed by atoms with Crippen LogP contribution in [0.15, 0.2) is 0 Å². The molecule has 3 N–H and O–H groups in total. The summed E-state index contributed by atoms with van der Waals surface area (Å²) in [5.41, 5.74) is 5.44. The summed E-state index contributed by atoms with van der Waals surface area (Å²) in [7, 11) is 0. The molecule has 1 atom stereocenters. The van der Waals surface area contributed by atoms with Crippen molar-refractivity contribution < 1.29 is 9.90 Å². The Bertz CT molecular complexity index is 381. The maximum atomic E-state index is 12.0. The van der Waals surface area contributed by atoms with E-state index in [0.717, 1.165) is 30.6 Å². The molecule has 0 spiro atoms. The summed E-state index contributed by atoms with van der Waals surface area (Å²) in [5.74, 6) is -0.173. The van der Waals surface area contributed by atoms with E-state index in [4.69, 9.17) is 5.73 Å². The van der Waals surface area contributed by atoms with Gasteiger partial charge in [-0.05, 0) is 19.3 Å². The van der Waals surface area contributed by atoms with Crippen LogP contribution in [0.25, 0.3) is 0 Å². The molecule has 1 aromatic rings. The number of hydrogen-bond acceptors (Lipinski definition) is 6. The van der Waals surface area contributed by atoms with Gasteiger partial charge in [0.15, 0.2) is 0 Å². The Kier molecular flexibility index (Phi) is 3.35. The number of anilines is 1. The minimum atomic E-state index is -0.173. The molecule has 16 heavy (non-hydrogen) atoms. The zero-order valence-electron chi connectivity index (χ0n) is 8.80. The van der Waals surface area contributed by atoms with Gasteiger partial charge in [0.05, 0.1) is 12.6 Å². The minimum Gasteiger partial charge on any atom is -0.394 e. The van der Waals surface area contributed by atoms with E-state index in [1.165, 1.54) is 0 Å². The highest BCUT2D eigenvalue weighted by molar-refractivity contribution is 7.16. The first-order chi connectivity index (χ1) is 7.72. The number of rotatable bonds is 2.